The zero-order chi connectivity index (χ0) is 18.9. The molecule has 2 aliphatic heterocycles. The summed E-state index contributed by atoms with van der Waals surface area (Å²) in [5.41, 5.74) is 0.998. The molecule has 0 radical (unpaired) electrons. The van der Waals surface area contributed by atoms with Crippen LogP contribution < -0.4 is 4.74 Å². The summed E-state index contributed by atoms with van der Waals surface area (Å²) in [5, 5.41) is 20.1. The molecule has 7 heteroatoms. The van der Waals surface area contributed by atoms with E-state index in [0.717, 1.165) is 0 Å². The monoisotopic (exact) mass is 488 g/mol. The van der Waals surface area contributed by atoms with Gasteiger partial charge in [-0.1, -0.05) is 22.0 Å². The third-order valence-corrected chi connectivity index (χ3v) is 6.27. The third-order valence-electron chi connectivity index (χ3n) is 4.84. The number of esters is 1. The molecule has 1 spiro atoms. The van der Waals surface area contributed by atoms with E-state index in [0.29, 0.717) is 42.7 Å². The van der Waals surface area contributed by atoms with Crippen molar-refractivity contribution >= 4 is 37.8 Å². The molecule has 2 aliphatic rings. The first-order chi connectivity index (χ1) is 12.9. The van der Waals surface area contributed by atoms with E-state index in [1.807, 2.05) is 6.07 Å². The van der Waals surface area contributed by atoms with E-state index in [4.69, 9.17) is 9.47 Å². The summed E-state index contributed by atoms with van der Waals surface area (Å²) >= 11 is 6.90. The van der Waals surface area contributed by atoms with Crippen molar-refractivity contribution in [1.82, 2.24) is 0 Å². The number of aromatic hydroxyl groups is 2. The van der Waals surface area contributed by atoms with Crippen LogP contribution in [0.5, 0.6) is 23.0 Å². The molecule has 0 aromatic heterocycles. The topological polar surface area (TPSA) is 76.0 Å². The van der Waals surface area contributed by atoms with Gasteiger partial charge in [0.15, 0.2) is 11.4 Å². The van der Waals surface area contributed by atoms with Crippen molar-refractivity contribution in [3.8, 4) is 23.0 Å². The maximum Gasteiger partial charge on any atom is 0.340 e. The van der Waals surface area contributed by atoms with Crippen LogP contribution in [-0.2, 0) is 10.3 Å². The Balaban J connectivity index is 1.96. The van der Waals surface area contributed by atoms with Crippen LogP contribution in [0.3, 0.4) is 0 Å². The number of benzene rings is 3. The number of hydrogen-bond donors (Lipinski definition) is 2. The van der Waals surface area contributed by atoms with Gasteiger partial charge in [0.1, 0.15) is 21.7 Å². The largest absolute Gasteiger partial charge is 0.508 e. The second-order valence-electron chi connectivity index (χ2n) is 6.29. The van der Waals surface area contributed by atoms with Gasteiger partial charge in [0.05, 0.1) is 5.56 Å². The molecule has 5 rings (SSSR count). The molecule has 0 aliphatic carbocycles. The number of phenolic OH excluding ortho intramolecular Hbond substituents is 2. The minimum Gasteiger partial charge on any atom is -0.508 e. The Morgan fingerprint density at radius 3 is 2.56 bits per heavy atom. The molecule has 1 unspecified atom stereocenters. The zero-order valence-corrected chi connectivity index (χ0v) is 16.7. The molecule has 3 aromatic carbocycles. The standard InChI is InChI=1S/C20H10Br2O5/c21-13-3-1-2-10-16(13)20(27-19(10)25)11-5-4-9(23)8-15(11)26-18-12(20)6-7-14(24)17(18)22/h1-8,23-24H. The Morgan fingerprint density at radius 1 is 0.963 bits per heavy atom. The van der Waals surface area contributed by atoms with Gasteiger partial charge in [-0.25, -0.2) is 4.79 Å². The molecule has 134 valence electrons. The summed E-state index contributed by atoms with van der Waals surface area (Å²) in [5.74, 6) is 0.210. The van der Waals surface area contributed by atoms with Gasteiger partial charge >= 0.3 is 5.97 Å². The lowest BCUT2D eigenvalue weighted by Crippen LogP contribution is -2.33. The average molecular weight is 490 g/mol. The maximum absolute atomic E-state index is 12.7. The highest BCUT2D eigenvalue weighted by atomic mass is 79.9. The van der Waals surface area contributed by atoms with Crippen molar-refractivity contribution in [2.75, 3.05) is 0 Å². The fraction of sp³-hybridized carbons (Fsp3) is 0.0500. The van der Waals surface area contributed by atoms with E-state index in [-0.39, 0.29) is 11.5 Å². The number of carbonyl (C=O) groups excluding carboxylic acids is 1. The van der Waals surface area contributed by atoms with E-state index < -0.39 is 11.6 Å². The summed E-state index contributed by atoms with van der Waals surface area (Å²) in [6.07, 6.45) is 0. The SMILES string of the molecule is O=C1OC2(c3ccc(O)cc3Oc3c2ccc(O)c3Br)c2c(Br)cccc21. The van der Waals surface area contributed by atoms with Crippen molar-refractivity contribution < 1.29 is 24.5 Å². The van der Waals surface area contributed by atoms with Crippen LogP contribution in [0.25, 0.3) is 0 Å². The van der Waals surface area contributed by atoms with Gasteiger partial charge in [-0.2, -0.15) is 0 Å². The number of phenols is 2. The van der Waals surface area contributed by atoms with Crippen LogP contribution in [0, 0.1) is 0 Å². The summed E-state index contributed by atoms with van der Waals surface area (Å²) in [4.78, 5) is 12.7. The third kappa shape index (κ3) is 2.06. The highest BCUT2D eigenvalue weighted by Gasteiger charge is 2.55. The molecule has 1 atom stereocenters. The summed E-state index contributed by atoms with van der Waals surface area (Å²) in [7, 11) is 0. The van der Waals surface area contributed by atoms with Crippen LogP contribution in [0.15, 0.2) is 57.5 Å². The summed E-state index contributed by atoms with van der Waals surface area (Å²) in [6.45, 7) is 0. The first kappa shape index (κ1) is 16.6. The highest BCUT2D eigenvalue weighted by Crippen LogP contribution is 2.60. The molecule has 2 heterocycles. The van der Waals surface area contributed by atoms with Gasteiger partial charge in [0, 0.05) is 27.2 Å². The fourth-order valence-electron chi connectivity index (χ4n) is 3.74. The van der Waals surface area contributed by atoms with Gasteiger partial charge in [-0.3, -0.25) is 0 Å². The molecule has 0 fully saturated rings. The molecule has 0 amide bonds. The Morgan fingerprint density at radius 2 is 1.74 bits per heavy atom. The zero-order valence-electron chi connectivity index (χ0n) is 13.5. The van der Waals surface area contributed by atoms with Gasteiger partial charge < -0.3 is 19.7 Å². The van der Waals surface area contributed by atoms with Crippen LogP contribution in [0.1, 0.15) is 27.0 Å². The Bertz CT molecular complexity index is 1160. The molecule has 27 heavy (non-hydrogen) atoms. The van der Waals surface area contributed by atoms with E-state index in [1.165, 1.54) is 18.2 Å². The number of carbonyl (C=O) groups is 1. The first-order valence-electron chi connectivity index (χ1n) is 7.99. The van der Waals surface area contributed by atoms with Crippen molar-refractivity contribution in [2.24, 2.45) is 0 Å². The van der Waals surface area contributed by atoms with Gasteiger partial charge in [-0.05, 0) is 52.3 Å². The first-order valence-corrected chi connectivity index (χ1v) is 9.57. The molecule has 5 nitrogen and oxygen atoms in total. The normalized spacial score (nSPS) is 19.1. The predicted molar refractivity (Wildman–Crippen MR) is 103 cm³/mol. The van der Waals surface area contributed by atoms with Crippen LogP contribution in [0.2, 0.25) is 0 Å². The smallest absolute Gasteiger partial charge is 0.340 e. The minimum atomic E-state index is -1.26. The van der Waals surface area contributed by atoms with E-state index in [1.54, 1.807) is 24.3 Å². The highest BCUT2D eigenvalue weighted by molar-refractivity contribution is 9.11. The number of halogens is 2. The van der Waals surface area contributed by atoms with Crippen molar-refractivity contribution in [3.05, 3.63) is 79.7 Å². The van der Waals surface area contributed by atoms with E-state index >= 15 is 0 Å². The van der Waals surface area contributed by atoms with Crippen LogP contribution in [0.4, 0.5) is 0 Å². The van der Waals surface area contributed by atoms with Crippen LogP contribution >= 0.6 is 31.9 Å². The molecular weight excluding hydrogens is 480 g/mol. The number of fused-ring (bicyclic) bond motifs is 6. The fourth-order valence-corrected chi connectivity index (χ4v) is 4.81. The molecule has 0 bridgehead atoms. The predicted octanol–water partition coefficient (Wildman–Crippen LogP) is 5.19. The second-order valence-corrected chi connectivity index (χ2v) is 7.94. The Hall–Kier alpha value is -2.51. The molecule has 2 N–H and O–H groups in total. The molecule has 0 saturated carbocycles. The van der Waals surface area contributed by atoms with Gasteiger partial charge in [-0.15, -0.1) is 0 Å². The average Bonchev–Trinajstić information content (AvgIpc) is 2.93. The number of rotatable bonds is 0. The lowest BCUT2D eigenvalue weighted by atomic mass is 9.77. The van der Waals surface area contributed by atoms with E-state index in [2.05, 4.69) is 31.9 Å². The lowest BCUT2D eigenvalue weighted by Gasteiger charge is -2.37. The van der Waals surface area contributed by atoms with Crippen molar-refractivity contribution in [3.63, 3.8) is 0 Å². The Kier molecular flexibility index (Phi) is 3.39. The molecule has 0 saturated heterocycles. The van der Waals surface area contributed by atoms with E-state index in [9.17, 15) is 15.0 Å². The van der Waals surface area contributed by atoms with Gasteiger partial charge in [0.25, 0.3) is 0 Å². The summed E-state index contributed by atoms with van der Waals surface area (Å²) < 4.78 is 13.0. The summed E-state index contributed by atoms with van der Waals surface area (Å²) in [6, 6.07) is 13.2. The number of ether oxygens (including phenoxy) is 2. The van der Waals surface area contributed by atoms with Gasteiger partial charge in [0.2, 0.25) is 0 Å². The second kappa shape index (κ2) is 5.50. The minimum absolute atomic E-state index is 0.0100. The number of hydrogen-bond acceptors (Lipinski definition) is 5. The van der Waals surface area contributed by atoms with Crippen molar-refractivity contribution in [1.29, 1.82) is 0 Å². The molecular formula is C20H10Br2O5. The van der Waals surface area contributed by atoms with Crippen LogP contribution in [-0.4, -0.2) is 16.2 Å². The lowest BCUT2D eigenvalue weighted by molar-refractivity contribution is 0.0222. The quantitative estimate of drug-likeness (QED) is 0.425. The molecule has 3 aromatic rings. The Labute approximate surface area is 170 Å². The maximum atomic E-state index is 12.7. The van der Waals surface area contributed by atoms with Crippen molar-refractivity contribution in [2.45, 2.75) is 5.60 Å².